The number of para-hydroxylation sites is 2. The predicted molar refractivity (Wildman–Crippen MR) is 495 cm³/mol. The molecule has 0 bridgehead atoms. The number of nitrogens with zero attached hydrogens (tertiary/aromatic N) is 6. The minimum Gasteiger partial charge on any atom is -0.481 e. The van der Waals surface area contributed by atoms with Gasteiger partial charge >= 0.3 is 11.9 Å². The highest BCUT2D eigenvalue weighted by Crippen LogP contribution is 2.29. The van der Waals surface area contributed by atoms with Crippen LogP contribution in [0.2, 0.25) is 0 Å². The molecule has 3 fully saturated rings. The van der Waals surface area contributed by atoms with Gasteiger partial charge in [0.2, 0.25) is 112 Å². The number of likely N-dealkylation sites (N-methyl/N-ethyl adjacent to an activating group) is 3. The summed E-state index contributed by atoms with van der Waals surface area (Å²) in [6, 6.07) is -6.30. The van der Waals surface area contributed by atoms with Crippen molar-refractivity contribution in [1.29, 1.82) is 0 Å². The summed E-state index contributed by atoms with van der Waals surface area (Å²) in [5.74, 6) is -24.4. The first-order valence-corrected chi connectivity index (χ1v) is 46.0. The van der Waals surface area contributed by atoms with Gasteiger partial charge in [0, 0.05) is 114 Å². The summed E-state index contributed by atoms with van der Waals surface area (Å²) in [5, 5.41) is 60.4. The average molecular weight is 1940 g/mol. The second kappa shape index (κ2) is 51.6. The number of aromatic amines is 1. The van der Waals surface area contributed by atoms with Gasteiger partial charge < -0.3 is 131 Å². The van der Waals surface area contributed by atoms with E-state index in [0.717, 1.165) is 43.7 Å². The number of carbonyl (C=O) groups is 21. The molecule has 0 saturated carbocycles. The number of nitrogens with two attached hydrogens (primary N) is 4. The van der Waals surface area contributed by atoms with Gasteiger partial charge in [0.05, 0.1) is 32.0 Å². The summed E-state index contributed by atoms with van der Waals surface area (Å²) in [6.07, 6.45) is -4.38. The van der Waals surface area contributed by atoms with Crippen LogP contribution < -0.4 is 81.4 Å². The summed E-state index contributed by atoms with van der Waals surface area (Å²) in [7, 11) is 3.69. The fourth-order valence-electron chi connectivity index (χ4n) is 17.0. The van der Waals surface area contributed by atoms with Gasteiger partial charge in [-0.1, -0.05) is 102 Å². The summed E-state index contributed by atoms with van der Waals surface area (Å²) >= 11 is 0. The van der Waals surface area contributed by atoms with E-state index in [1.54, 1.807) is 76.2 Å². The maximum absolute atomic E-state index is 16.0. The minimum absolute atomic E-state index is 0.0616. The molecule has 0 aliphatic carbocycles. The van der Waals surface area contributed by atoms with Crippen LogP contribution in [0.25, 0.3) is 21.8 Å². The van der Waals surface area contributed by atoms with Crippen LogP contribution in [0.1, 0.15) is 154 Å². The Hall–Kier alpha value is -14.5. The minimum atomic E-state index is -2.07. The van der Waals surface area contributed by atoms with E-state index in [1.165, 1.54) is 50.1 Å². The summed E-state index contributed by atoms with van der Waals surface area (Å²) < 4.78 is 15.8. The third kappa shape index (κ3) is 31.2. The number of carbonyl (C=O) groups excluding carboxylic acids is 19. The smallest absolute Gasteiger partial charge is 0.323 e. The van der Waals surface area contributed by atoms with Gasteiger partial charge in [-0.3, -0.25) is 101 Å². The number of unbranched alkanes of at least 4 members (excludes halogenated alkanes) is 2. The third-order valence-electron chi connectivity index (χ3n) is 24.5. The van der Waals surface area contributed by atoms with Crippen molar-refractivity contribution in [2.75, 3.05) is 53.9 Å². The number of primary amides is 4. The van der Waals surface area contributed by atoms with E-state index in [1.807, 2.05) is 0 Å². The molecule has 3 aliphatic rings. The Morgan fingerprint density at radius 2 is 1.05 bits per heavy atom. The van der Waals surface area contributed by atoms with Crippen molar-refractivity contribution in [1.82, 2.24) is 92.5 Å². The van der Waals surface area contributed by atoms with Crippen LogP contribution in [0.15, 0.2) is 85.2 Å². The molecule has 5 aromatic rings. The maximum atomic E-state index is 16.0. The van der Waals surface area contributed by atoms with Crippen molar-refractivity contribution in [3.63, 3.8) is 0 Å². The number of carboxylic acids is 2. The van der Waals surface area contributed by atoms with Crippen LogP contribution in [-0.4, -0.2) is 318 Å². The second-order valence-electron chi connectivity index (χ2n) is 35.5. The van der Waals surface area contributed by atoms with Crippen LogP contribution in [0, 0.1) is 11.7 Å². The Labute approximate surface area is 799 Å². The summed E-state index contributed by atoms with van der Waals surface area (Å²) in [4.78, 5) is 309. The quantitative estimate of drug-likeness (QED) is 0.0215. The highest BCUT2D eigenvalue weighted by atomic mass is 19.1. The summed E-state index contributed by atoms with van der Waals surface area (Å²) in [5.41, 5.74) is 24.3. The largest absolute Gasteiger partial charge is 0.481 e. The van der Waals surface area contributed by atoms with E-state index < -0.39 is 317 Å². The van der Waals surface area contributed by atoms with Crippen molar-refractivity contribution in [3.05, 3.63) is 108 Å². The molecule has 756 valence electrons. The van der Waals surface area contributed by atoms with Gasteiger partial charge in [-0.25, -0.2) is 4.39 Å². The highest BCUT2D eigenvalue weighted by Gasteiger charge is 2.47. The predicted octanol–water partition coefficient (Wildman–Crippen LogP) is -4.30. The van der Waals surface area contributed by atoms with E-state index in [9.17, 15) is 86.8 Å². The topological polar surface area (TPSA) is 692 Å². The van der Waals surface area contributed by atoms with E-state index in [4.69, 9.17) is 22.9 Å². The Morgan fingerprint density at radius 1 is 0.511 bits per heavy atom. The van der Waals surface area contributed by atoms with E-state index in [-0.39, 0.29) is 69.0 Å². The molecule has 46 nitrogen and oxygen atoms in total. The molecule has 3 aromatic carbocycles. The van der Waals surface area contributed by atoms with Crippen molar-refractivity contribution in [3.8, 4) is 0 Å². The number of fused-ring (bicyclic) bond motifs is 4. The number of hydrogen-bond acceptors (Lipinski definition) is 23. The Morgan fingerprint density at radius 3 is 1.69 bits per heavy atom. The fourth-order valence-corrected chi connectivity index (χ4v) is 17.0. The van der Waals surface area contributed by atoms with Gasteiger partial charge in [0.25, 0.3) is 0 Å². The van der Waals surface area contributed by atoms with Crippen LogP contribution in [0.5, 0.6) is 0 Å². The molecule has 0 spiro atoms. The molecule has 15 atom stereocenters. The number of H-pyrrole nitrogens is 1. The molecule has 8 rings (SSSR count). The zero-order valence-corrected chi connectivity index (χ0v) is 78.8. The number of nitrogens with one attached hydrogen (secondary N) is 12. The molecule has 19 amide bonds. The molecule has 23 N–H and O–H groups in total. The first-order valence-electron chi connectivity index (χ1n) is 46.0. The van der Waals surface area contributed by atoms with E-state index in [0.29, 0.717) is 40.2 Å². The molecule has 0 unspecified atom stereocenters. The fraction of sp³-hybridized carbons (Fsp3) is 0.533. The highest BCUT2D eigenvalue weighted by molar-refractivity contribution is 6.03. The van der Waals surface area contributed by atoms with E-state index in [2.05, 4.69) is 63.5 Å². The average Bonchev–Trinajstić information content (AvgIpc) is 1.60. The van der Waals surface area contributed by atoms with Crippen molar-refractivity contribution >= 4 is 146 Å². The molecule has 3 aliphatic heterocycles. The number of aliphatic hydroxyl groups excluding tert-OH is 1. The number of benzene rings is 3. The van der Waals surface area contributed by atoms with Gasteiger partial charge in [-0.2, -0.15) is 0 Å². The Kier molecular flexibility index (Phi) is 40.7. The lowest BCUT2D eigenvalue weighted by atomic mass is 9.99. The standard InChI is InChI=1S/C92H127FN22O24/c1-9-11-21-68-85(132)105-60(34-48(3)4)82(129)109-66(80(127)100-43-75(97)120)42-98-44-76(121)101-63(35-50-25-27-53(93)28-26-50)88(135)110(6)49(5)79(126)107-65(40-74(96)119)91(138)114-33-17-24-69(114)86(133)102-58(29-31-72(94)117)81(128)103-59(30-32-77(122)123)90(137)115-46-54(116)38-71(115)87(134)106-61(36-51-41-99-57-20-15-13-18-55(51)57)83(130)104-62(39-73(95)118)84(131)108-64(89(136)112(8)70(22-12-10-2)92(139)111(68)7)37-52-45-113(47-78(124)125)67-23-16-14-19-56(52)67/h13-16,18-20,23,25-28,41,45,48-49,54,58-66,68-71,98-99,116H,9-12,17,21-22,24,29-40,42-44,46-47H2,1-8H3,(H2,94,117)(H2,95,118)(H2,96,119)(H2,97,120)(H,100,127)(H,101,121)(H,102,133)(H,103,128)(H,104,130)(H,105,132)(H,106,134)(H,107,126)(H,108,131)(H,109,129)(H,122,123)(H,124,125)/t49-,54+,58-,59-,60-,61-,62-,63-,64-,65-,66-,68-,69-,70-,71-/m0/s1. The van der Waals surface area contributed by atoms with Crippen LogP contribution in [0.4, 0.5) is 4.39 Å². The molecule has 0 radical (unpaired) electrons. The second-order valence-corrected chi connectivity index (χ2v) is 35.5. The normalized spacial score (nSPS) is 24.3. The van der Waals surface area contributed by atoms with Crippen LogP contribution >= 0.6 is 0 Å². The molecular weight excluding hydrogens is 1820 g/mol. The molecule has 5 heterocycles. The van der Waals surface area contributed by atoms with Crippen molar-refractivity contribution in [2.45, 2.75) is 254 Å². The lowest BCUT2D eigenvalue weighted by molar-refractivity contribution is -0.149. The van der Waals surface area contributed by atoms with Crippen molar-refractivity contribution in [2.24, 2.45) is 28.9 Å². The van der Waals surface area contributed by atoms with Gasteiger partial charge in [0.15, 0.2) is 0 Å². The van der Waals surface area contributed by atoms with E-state index >= 15 is 33.6 Å². The first kappa shape index (κ1) is 110. The van der Waals surface area contributed by atoms with Gasteiger partial charge in [0.1, 0.15) is 96.9 Å². The first-order chi connectivity index (χ1) is 65.8. The number of hydrogen-bond donors (Lipinski definition) is 19. The lowest BCUT2D eigenvalue weighted by Crippen LogP contribution is -2.61. The van der Waals surface area contributed by atoms with Gasteiger partial charge in [-0.05, 0) is 98.7 Å². The Bertz CT molecular complexity index is 5360. The molecule has 139 heavy (non-hydrogen) atoms. The zero-order chi connectivity index (χ0) is 103. The molecule has 3 saturated heterocycles. The van der Waals surface area contributed by atoms with Crippen LogP contribution in [0.3, 0.4) is 0 Å². The lowest BCUT2D eigenvalue weighted by Gasteiger charge is -2.36. The number of carboxylic acid groups (broad SMARTS) is 2. The number of amides is 19. The zero-order valence-electron chi connectivity index (χ0n) is 78.8. The van der Waals surface area contributed by atoms with Crippen molar-refractivity contribution < 1.29 is 120 Å². The van der Waals surface area contributed by atoms with Gasteiger partial charge in [-0.15, -0.1) is 0 Å². The number of rotatable bonds is 29. The number of halogens is 1. The Balaban J connectivity index is 1.23. The molecular formula is C92H127FN22O24. The maximum Gasteiger partial charge on any atom is 0.323 e. The molecule has 2 aromatic heterocycles. The number of aliphatic hydroxyl groups is 1. The number of aliphatic carboxylic acids is 2. The number of aromatic nitrogens is 2. The monoisotopic (exact) mass is 1940 g/mol. The summed E-state index contributed by atoms with van der Waals surface area (Å²) in [6.45, 7) is 4.54. The van der Waals surface area contributed by atoms with Crippen LogP contribution in [-0.2, 0) is 126 Å². The third-order valence-corrected chi connectivity index (χ3v) is 24.5. The molecule has 47 heteroatoms. The SMILES string of the molecule is CCCC[C@H]1C(=O)N(C)[C@@H](CCCC)C(=O)N[C@@H](CC(C)C)C(=O)N[C@H](C(=O)NCC(N)=O)CNCC(=O)N[C@@H](Cc2ccc(F)cc2)C(=O)N(C)[C@@H](C)C(=O)N[C@@H](CC(N)=O)C(=O)N2CCC[C@H]2C(=O)N[C@@H](CCC(N)=O)C(=O)N[C@@H](CCC(=O)O)C(=O)N2C[C@H](O)C[C@H]2C(=O)N[C@@H](Cc2c[nH]c3ccccc23)C(=O)N[C@@H](CC(N)=O)C(=O)N[C@@H](Cc2cn(CC(=O)O)c3ccccc23)C(=O)N1C.